The van der Waals surface area contributed by atoms with Gasteiger partial charge in [-0.15, -0.1) is 0 Å². The molecule has 0 fully saturated rings. The first-order valence-electron chi connectivity index (χ1n) is 8.68. The van der Waals surface area contributed by atoms with E-state index in [-0.39, 0.29) is 19.6 Å². The summed E-state index contributed by atoms with van der Waals surface area (Å²) in [5.41, 5.74) is 1.35. The molecule has 0 bridgehead atoms. The molecule has 2 amide bonds. The van der Waals surface area contributed by atoms with Crippen molar-refractivity contribution in [1.82, 2.24) is 5.32 Å². The number of halogens is 1. The molecule has 0 radical (unpaired) electrons. The lowest BCUT2D eigenvalue weighted by atomic mass is 10.1. The lowest BCUT2D eigenvalue weighted by Gasteiger charge is -2.25. The third kappa shape index (κ3) is 6.70. The van der Waals surface area contributed by atoms with E-state index in [2.05, 4.69) is 21.2 Å². The summed E-state index contributed by atoms with van der Waals surface area (Å²) in [5, 5.41) is 12.1. The largest absolute Gasteiger partial charge is 0.480 e. The number of alkyl carbamates (subject to hydrolysis) is 1. The molecule has 8 heteroatoms. The van der Waals surface area contributed by atoms with E-state index >= 15 is 0 Å². The number of nitrogens with zero attached hydrogens (tertiary/aromatic N) is 1. The molecule has 2 aromatic rings. The fraction of sp³-hybridized carbons (Fsp3) is 0.250. The minimum Gasteiger partial charge on any atom is -0.480 e. The van der Waals surface area contributed by atoms with Crippen LogP contribution >= 0.6 is 15.9 Å². The first-order valence-corrected chi connectivity index (χ1v) is 9.47. The van der Waals surface area contributed by atoms with Gasteiger partial charge in [-0.1, -0.05) is 52.3 Å². The van der Waals surface area contributed by atoms with Crippen molar-refractivity contribution in [3.63, 3.8) is 0 Å². The molecule has 0 aliphatic heterocycles. The molecule has 148 valence electrons. The first-order chi connectivity index (χ1) is 13.5. The monoisotopic (exact) mass is 448 g/mol. The number of carbonyl (C=O) groups excluding carboxylic acids is 2. The standard InChI is InChI=1S/C20H21BrN2O5/c21-16-8-4-9-17(12-16)23(14-24)18(19(25)26)10-5-11-22-20(27)28-13-15-6-2-1-3-7-15/h1-4,6-9,12,14,18H,5,10-11,13H2,(H,22,27)(H,25,26)/t18-/m0/s1. The van der Waals surface area contributed by atoms with E-state index in [0.717, 1.165) is 10.0 Å². The minimum atomic E-state index is -1.11. The molecular formula is C20H21BrN2O5. The van der Waals surface area contributed by atoms with Crippen LogP contribution in [-0.2, 0) is 20.9 Å². The van der Waals surface area contributed by atoms with Crippen LogP contribution in [0.5, 0.6) is 0 Å². The summed E-state index contributed by atoms with van der Waals surface area (Å²) in [6, 6.07) is 15.1. The van der Waals surface area contributed by atoms with Gasteiger partial charge in [0, 0.05) is 16.7 Å². The highest BCUT2D eigenvalue weighted by molar-refractivity contribution is 9.10. The number of benzene rings is 2. The number of aliphatic carboxylic acids is 1. The molecule has 2 N–H and O–H groups in total. The number of carboxylic acids is 1. The quantitative estimate of drug-likeness (QED) is 0.427. The van der Waals surface area contributed by atoms with Crippen LogP contribution < -0.4 is 10.2 Å². The van der Waals surface area contributed by atoms with E-state index in [9.17, 15) is 19.5 Å². The zero-order chi connectivity index (χ0) is 20.4. The Kier molecular flexibility index (Phi) is 8.48. The average molecular weight is 449 g/mol. The number of rotatable bonds is 10. The number of anilines is 1. The van der Waals surface area contributed by atoms with Gasteiger partial charge in [0.25, 0.3) is 0 Å². The van der Waals surface area contributed by atoms with E-state index in [1.165, 1.54) is 4.90 Å². The Morgan fingerprint density at radius 1 is 1.18 bits per heavy atom. The van der Waals surface area contributed by atoms with E-state index in [1.807, 2.05) is 30.3 Å². The summed E-state index contributed by atoms with van der Waals surface area (Å²) in [4.78, 5) is 36.0. The molecular weight excluding hydrogens is 428 g/mol. The Balaban J connectivity index is 1.81. The van der Waals surface area contributed by atoms with Crippen LogP contribution in [0.3, 0.4) is 0 Å². The predicted molar refractivity (Wildman–Crippen MR) is 108 cm³/mol. The summed E-state index contributed by atoms with van der Waals surface area (Å²) in [7, 11) is 0. The number of hydrogen-bond acceptors (Lipinski definition) is 4. The Bertz CT molecular complexity index is 800. The van der Waals surface area contributed by atoms with Crippen molar-refractivity contribution >= 4 is 40.1 Å². The number of carboxylic acid groups (broad SMARTS) is 1. The molecule has 28 heavy (non-hydrogen) atoms. The maximum atomic E-state index is 11.7. The maximum Gasteiger partial charge on any atom is 0.407 e. The van der Waals surface area contributed by atoms with E-state index in [1.54, 1.807) is 24.3 Å². The maximum absolute atomic E-state index is 11.7. The van der Waals surface area contributed by atoms with E-state index < -0.39 is 18.1 Å². The van der Waals surface area contributed by atoms with Crippen LogP contribution in [0.25, 0.3) is 0 Å². The Morgan fingerprint density at radius 3 is 2.57 bits per heavy atom. The fourth-order valence-corrected chi connectivity index (χ4v) is 2.98. The van der Waals surface area contributed by atoms with Crippen LogP contribution in [0, 0.1) is 0 Å². The minimum absolute atomic E-state index is 0.159. The summed E-state index contributed by atoms with van der Waals surface area (Å²) in [5.74, 6) is -1.11. The van der Waals surface area contributed by atoms with Crippen molar-refractivity contribution in [2.24, 2.45) is 0 Å². The highest BCUT2D eigenvalue weighted by Crippen LogP contribution is 2.22. The zero-order valence-corrected chi connectivity index (χ0v) is 16.7. The summed E-state index contributed by atoms with van der Waals surface area (Å²) in [6.45, 7) is 0.398. The van der Waals surface area contributed by atoms with Crippen LogP contribution in [0.2, 0.25) is 0 Å². The number of amides is 2. The lowest BCUT2D eigenvalue weighted by Crippen LogP contribution is -2.41. The van der Waals surface area contributed by atoms with Gasteiger partial charge in [0.15, 0.2) is 0 Å². The highest BCUT2D eigenvalue weighted by Gasteiger charge is 2.25. The normalized spacial score (nSPS) is 11.3. The van der Waals surface area contributed by atoms with Crippen LogP contribution in [0.4, 0.5) is 10.5 Å². The number of hydrogen-bond donors (Lipinski definition) is 2. The molecule has 0 aliphatic carbocycles. The third-order valence-corrected chi connectivity index (χ3v) is 4.47. The molecule has 2 aromatic carbocycles. The van der Waals surface area contributed by atoms with Gasteiger partial charge in [-0.2, -0.15) is 0 Å². The highest BCUT2D eigenvalue weighted by atomic mass is 79.9. The van der Waals surface area contributed by atoms with Crippen molar-refractivity contribution in [3.05, 3.63) is 64.6 Å². The van der Waals surface area contributed by atoms with Crippen molar-refractivity contribution < 1.29 is 24.2 Å². The Hall–Kier alpha value is -2.87. The molecule has 0 aromatic heterocycles. The second kappa shape index (κ2) is 11.1. The second-order valence-electron chi connectivity index (χ2n) is 5.98. The van der Waals surface area contributed by atoms with Gasteiger partial charge in [-0.25, -0.2) is 9.59 Å². The third-order valence-electron chi connectivity index (χ3n) is 3.98. The van der Waals surface area contributed by atoms with Gasteiger partial charge in [-0.05, 0) is 36.6 Å². The molecule has 0 aliphatic rings. The van der Waals surface area contributed by atoms with Gasteiger partial charge in [0.1, 0.15) is 12.6 Å². The van der Waals surface area contributed by atoms with Crippen molar-refractivity contribution in [2.45, 2.75) is 25.5 Å². The van der Waals surface area contributed by atoms with E-state index in [4.69, 9.17) is 4.74 Å². The Morgan fingerprint density at radius 2 is 1.93 bits per heavy atom. The van der Waals surface area contributed by atoms with Gasteiger partial charge >= 0.3 is 12.1 Å². The van der Waals surface area contributed by atoms with Crippen molar-refractivity contribution in [1.29, 1.82) is 0 Å². The van der Waals surface area contributed by atoms with Gasteiger partial charge in [-0.3, -0.25) is 4.79 Å². The SMILES string of the molecule is O=CN(c1cccc(Br)c1)[C@@H](CCCNC(=O)OCc1ccccc1)C(=O)O. The molecule has 0 heterocycles. The van der Waals surface area contributed by atoms with Gasteiger partial charge in [0.2, 0.25) is 6.41 Å². The second-order valence-corrected chi connectivity index (χ2v) is 6.89. The smallest absolute Gasteiger partial charge is 0.407 e. The molecule has 0 saturated heterocycles. The average Bonchev–Trinajstić information content (AvgIpc) is 2.69. The van der Waals surface area contributed by atoms with Crippen LogP contribution in [0.15, 0.2) is 59.1 Å². The van der Waals surface area contributed by atoms with Crippen LogP contribution in [0.1, 0.15) is 18.4 Å². The summed E-state index contributed by atoms with van der Waals surface area (Å²) >= 11 is 3.31. The summed E-state index contributed by atoms with van der Waals surface area (Å²) in [6.07, 6.45) is 0.479. The predicted octanol–water partition coefficient (Wildman–Crippen LogP) is 3.57. The molecule has 0 unspecified atom stereocenters. The molecule has 0 saturated carbocycles. The first kappa shape index (κ1) is 21.4. The van der Waals surface area contributed by atoms with Crippen molar-refractivity contribution in [3.8, 4) is 0 Å². The summed E-state index contributed by atoms with van der Waals surface area (Å²) < 4.78 is 5.84. The lowest BCUT2D eigenvalue weighted by molar-refractivity contribution is -0.139. The van der Waals surface area contributed by atoms with E-state index in [0.29, 0.717) is 18.5 Å². The topological polar surface area (TPSA) is 95.9 Å². The number of ether oxygens (including phenoxy) is 1. The van der Waals surface area contributed by atoms with Crippen molar-refractivity contribution in [2.75, 3.05) is 11.4 Å². The van der Waals surface area contributed by atoms with Gasteiger partial charge in [0.05, 0.1) is 0 Å². The van der Waals surface area contributed by atoms with Gasteiger partial charge < -0.3 is 20.1 Å². The molecule has 7 nitrogen and oxygen atoms in total. The number of nitrogens with one attached hydrogen (secondary N) is 1. The number of carbonyl (C=O) groups is 3. The molecule has 1 atom stereocenters. The molecule has 2 rings (SSSR count). The zero-order valence-electron chi connectivity index (χ0n) is 15.1. The van der Waals surface area contributed by atoms with Crippen LogP contribution in [-0.4, -0.2) is 36.2 Å². The Labute approximate surface area is 171 Å². The fourth-order valence-electron chi connectivity index (χ4n) is 2.59. The molecule has 0 spiro atoms.